The highest BCUT2D eigenvalue weighted by molar-refractivity contribution is 5.85. The Labute approximate surface area is 122 Å². The van der Waals surface area contributed by atoms with Gasteiger partial charge in [0.25, 0.3) is 0 Å². The highest BCUT2D eigenvalue weighted by Crippen LogP contribution is 2.25. The SMILES string of the molecule is Cc1c(CN(CC(=O)O)CC(=O)O)n(C)c2ccccc12. The Balaban J connectivity index is 2.36. The van der Waals surface area contributed by atoms with E-state index < -0.39 is 11.9 Å². The van der Waals surface area contributed by atoms with Gasteiger partial charge in [-0.3, -0.25) is 14.5 Å². The van der Waals surface area contributed by atoms with Crippen LogP contribution in [0.1, 0.15) is 11.3 Å². The van der Waals surface area contributed by atoms with E-state index >= 15 is 0 Å². The van der Waals surface area contributed by atoms with Crippen molar-refractivity contribution < 1.29 is 19.8 Å². The summed E-state index contributed by atoms with van der Waals surface area (Å²) < 4.78 is 1.99. The number of benzene rings is 1. The number of nitrogens with zero attached hydrogens (tertiary/aromatic N) is 2. The van der Waals surface area contributed by atoms with Crippen molar-refractivity contribution in [3.8, 4) is 0 Å². The van der Waals surface area contributed by atoms with E-state index in [1.807, 2.05) is 42.8 Å². The van der Waals surface area contributed by atoms with Crippen LogP contribution >= 0.6 is 0 Å². The minimum Gasteiger partial charge on any atom is -0.480 e. The van der Waals surface area contributed by atoms with Crippen LogP contribution in [0, 0.1) is 6.92 Å². The van der Waals surface area contributed by atoms with E-state index in [1.165, 1.54) is 4.90 Å². The first-order chi connectivity index (χ1) is 9.90. The molecule has 1 aromatic heterocycles. The van der Waals surface area contributed by atoms with Gasteiger partial charge in [0, 0.05) is 30.2 Å². The standard InChI is InChI=1S/C15H18N2O4/c1-10-11-5-3-4-6-12(11)16(2)13(10)7-17(8-14(18)19)9-15(20)21/h3-6H,7-9H2,1-2H3,(H,18,19)(H,20,21). The summed E-state index contributed by atoms with van der Waals surface area (Å²) in [7, 11) is 1.91. The Morgan fingerprint density at radius 2 is 1.71 bits per heavy atom. The van der Waals surface area contributed by atoms with E-state index in [0.29, 0.717) is 0 Å². The second-order valence-corrected chi connectivity index (χ2v) is 5.08. The molecule has 0 unspecified atom stereocenters. The summed E-state index contributed by atoms with van der Waals surface area (Å²) in [5, 5.41) is 18.9. The molecule has 0 saturated heterocycles. The summed E-state index contributed by atoms with van der Waals surface area (Å²) in [5.74, 6) is -2.07. The fraction of sp³-hybridized carbons (Fsp3) is 0.333. The van der Waals surface area contributed by atoms with E-state index in [0.717, 1.165) is 22.2 Å². The molecule has 112 valence electrons. The monoisotopic (exact) mass is 290 g/mol. The summed E-state index contributed by atoms with van der Waals surface area (Å²) in [4.78, 5) is 23.2. The Morgan fingerprint density at radius 3 is 2.24 bits per heavy atom. The average molecular weight is 290 g/mol. The number of fused-ring (bicyclic) bond motifs is 1. The molecule has 21 heavy (non-hydrogen) atoms. The number of aliphatic carboxylic acids is 2. The Hall–Kier alpha value is -2.34. The zero-order valence-corrected chi connectivity index (χ0v) is 12.0. The Morgan fingerprint density at radius 1 is 1.14 bits per heavy atom. The minimum absolute atomic E-state index is 0.287. The third kappa shape index (κ3) is 3.22. The van der Waals surface area contributed by atoms with Gasteiger partial charge in [-0.2, -0.15) is 0 Å². The number of aromatic nitrogens is 1. The first-order valence-corrected chi connectivity index (χ1v) is 6.59. The number of aryl methyl sites for hydroxylation is 2. The molecule has 2 N–H and O–H groups in total. The van der Waals surface area contributed by atoms with Crippen molar-refractivity contribution in [2.75, 3.05) is 13.1 Å². The molecular formula is C15H18N2O4. The van der Waals surface area contributed by atoms with E-state index in [2.05, 4.69) is 0 Å². The molecule has 0 aliphatic carbocycles. The van der Waals surface area contributed by atoms with Gasteiger partial charge in [0.1, 0.15) is 0 Å². The van der Waals surface area contributed by atoms with Crippen molar-refractivity contribution in [2.24, 2.45) is 7.05 Å². The van der Waals surface area contributed by atoms with Crippen LogP contribution in [-0.4, -0.2) is 44.7 Å². The zero-order valence-electron chi connectivity index (χ0n) is 12.0. The van der Waals surface area contributed by atoms with Gasteiger partial charge in [0.2, 0.25) is 0 Å². The smallest absolute Gasteiger partial charge is 0.317 e. The maximum atomic E-state index is 10.9. The number of para-hydroxylation sites is 1. The lowest BCUT2D eigenvalue weighted by Gasteiger charge is -2.19. The lowest BCUT2D eigenvalue weighted by Crippen LogP contribution is -2.34. The maximum absolute atomic E-state index is 10.9. The average Bonchev–Trinajstić information content (AvgIpc) is 2.63. The van der Waals surface area contributed by atoms with Crippen molar-refractivity contribution in [3.63, 3.8) is 0 Å². The number of hydrogen-bond acceptors (Lipinski definition) is 3. The van der Waals surface area contributed by atoms with Crippen LogP contribution in [0.3, 0.4) is 0 Å². The van der Waals surface area contributed by atoms with Crippen LogP contribution in [0.15, 0.2) is 24.3 Å². The predicted molar refractivity (Wildman–Crippen MR) is 78.2 cm³/mol. The van der Waals surface area contributed by atoms with Gasteiger partial charge >= 0.3 is 11.9 Å². The molecule has 0 aliphatic heterocycles. The summed E-state index contributed by atoms with van der Waals surface area (Å²) in [6.45, 7) is 1.66. The molecular weight excluding hydrogens is 272 g/mol. The molecule has 6 nitrogen and oxygen atoms in total. The summed E-state index contributed by atoms with van der Waals surface area (Å²) in [5.41, 5.74) is 3.03. The summed E-state index contributed by atoms with van der Waals surface area (Å²) in [6.07, 6.45) is 0. The van der Waals surface area contributed by atoms with Crippen LogP contribution in [-0.2, 0) is 23.2 Å². The summed E-state index contributed by atoms with van der Waals surface area (Å²) in [6, 6.07) is 7.89. The number of carbonyl (C=O) groups is 2. The number of hydrogen-bond donors (Lipinski definition) is 2. The van der Waals surface area contributed by atoms with Crippen molar-refractivity contribution in [2.45, 2.75) is 13.5 Å². The van der Waals surface area contributed by atoms with Crippen LogP contribution in [0.25, 0.3) is 10.9 Å². The molecule has 0 radical (unpaired) electrons. The van der Waals surface area contributed by atoms with Gasteiger partial charge in [0.15, 0.2) is 0 Å². The second-order valence-electron chi connectivity index (χ2n) is 5.08. The zero-order chi connectivity index (χ0) is 15.6. The van der Waals surface area contributed by atoms with E-state index in [4.69, 9.17) is 10.2 Å². The van der Waals surface area contributed by atoms with Gasteiger partial charge in [-0.05, 0) is 18.6 Å². The van der Waals surface area contributed by atoms with Crippen molar-refractivity contribution in [1.82, 2.24) is 9.47 Å². The molecule has 1 heterocycles. The van der Waals surface area contributed by atoms with Crippen molar-refractivity contribution >= 4 is 22.8 Å². The fourth-order valence-corrected chi connectivity index (χ4v) is 2.62. The molecule has 0 spiro atoms. The lowest BCUT2D eigenvalue weighted by molar-refractivity contribution is -0.142. The highest BCUT2D eigenvalue weighted by atomic mass is 16.4. The lowest BCUT2D eigenvalue weighted by atomic mass is 10.1. The van der Waals surface area contributed by atoms with E-state index in [1.54, 1.807) is 0 Å². The molecule has 0 saturated carbocycles. The summed E-state index contributed by atoms with van der Waals surface area (Å²) >= 11 is 0. The normalized spacial score (nSPS) is 11.2. The molecule has 0 atom stereocenters. The fourth-order valence-electron chi connectivity index (χ4n) is 2.62. The molecule has 6 heteroatoms. The van der Waals surface area contributed by atoms with Crippen LogP contribution in [0.2, 0.25) is 0 Å². The third-order valence-electron chi connectivity index (χ3n) is 3.60. The highest BCUT2D eigenvalue weighted by Gasteiger charge is 2.18. The molecule has 2 rings (SSSR count). The Bertz CT molecular complexity index is 635. The molecule has 0 aliphatic rings. The molecule has 0 fully saturated rings. The van der Waals surface area contributed by atoms with Crippen molar-refractivity contribution in [1.29, 1.82) is 0 Å². The van der Waals surface area contributed by atoms with Gasteiger partial charge in [-0.1, -0.05) is 18.2 Å². The predicted octanol–water partition coefficient (Wildman–Crippen LogP) is 1.46. The largest absolute Gasteiger partial charge is 0.480 e. The van der Waals surface area contributed by atoms with Gasteiger partial charge in [-0.15, -0.1) is 0 Å². The first kappa shape index (κ1) is 15.1. The van der Waals surface area contributed by atoms with Gasteiger partial charge in [-0.25, -0.2) is 0 Å². The maximum Gasteiger partial charge on any atom is 0.317 e. The quantitative estimate of drug-likeness (QED) is 0.841. The molecule has 1 aromatic carbocycles. The number of carboxylic acid groups (broad SMARTS) is 2. The number of rotatable bonds is 6. The van der Waals surface area contributed by atoms with E-state index in [-0.39, 0.29) is 19.6 Å². The van der Waals surface area contributed by atoms with Crippen LogP contribution < -0.4 is 0 Å². The number of carboxylic acids is 2. The second kappa shape index (κ2) is 5.97. The topological polar surface area (TPSA) is 82.8 Å². The van der Waals surface area contributed by atoms with Crippen molar-refractivity contribution in [3.05, 3.63) is 35.5 Å². The molecule has 2 aromatic rings. The minimum atomic E-state index is -1.03. The van der Waals surface area contributed by atoms with Gasteiger partial charge in [0.05, 0.1) is 13.1 Å². The van der Waals surface area contributed by atoms with Crippen LogP contribution in [0.4, 0.5) is 0 Å². The Kier molecular flexibility index (Phi) is 4.28. The molecule has 0 amide bonds. The molecule has 0 bridgehead atoms. The first-order valence-electron chi connectivity index (χ1n) is 6.59. The van der Waals surface area contributed by atoms with Crippen LogP contribution in [0.5, 0.6) is 0 Å². The third-order valence-corrected chi connectivity index (χ3v) is 3.60. The van der Waals surface area contributed by atoms with Gasteiger partial charge < -0.3 is 14.8 Å². The van der Waals surface area contributed by atoms with E-state index in [9.17, 15) is 9.59 Å².